The van der Waals surface area contributed by atoms with Crippen LogP contribution >= 0.6 is 0 Å². The number of benzene rings is 1. The van der Waals surface area contributed by atoms with Crippen molar-refractivity contribution in [3.8, 4) is 5.75 Å². The molecule has 0 heterocycles. The van der Waals surface area contributed by atoms with E-state index in [2.05, 4.69) is 10.6 Å². The van der Waals surface area contributed by atoms with Gasteiger partial charge in [0.25, 0.3) is 0 Å². The molecule has 6 nitrogen and oxygen atoms in total. The fraction of sp³-hybridized carbons (Fsp3) is 0.467. The second-order valence-corrected chi connectivity index (χ2v) is 5.12. The summed E-state index contributed by atoms with van der Waals surface area (Å²) >= 11 is 0. The molecule has 1 atom stereocenters. The van der Waals surface area contributed by atoms with Crippen molar-refractivity contribution in [2.75, 3.05) is 12.3 Å². The summed E-state index contributed by atoms with van der Waals surface area (Å²) in [6, 6.07) is 6.48. The van der Waals surface area contributed by atoms with E-state index in [1.165, 1.54) is 0 Å². The van der Waals surface area contributed by atoms with Gasteiger partial charge in [-0.05, 0) is 32.9 Å². The number of nitrogens with two attached hydrogens (primary N) is 1. The second-order valence-electron chi connectivity index (χ2n) is 5.12. The third-order valence-electron chi connectivity index (χ3n) is 2.66. The molecule has 0 aliphatic carbocycles. The van der Waals surface area contributed by atoms with Crippen molar-refractivity contribution < 1.29 is 14.3 Å². The molecule has 0 spiro atoms. The molecule has 21 heavy (non-hydrogen) atoms. The van der Waals surface area contributed by atoms with Gasteiger partial charge in [0, 0.05) is 17.8 Å². The summed E-state index contributed by atoms with van der Waals surface area (Å²) in [5.74, 6) is 0.189. The maximum absolute atomic E-state index is 11.7. The Hall–Kier alpha value is -2.24. The Morgan fingerprint density at radius 1 is 1.24 bits per heavy atom. The van der Waals surface area contributed by atoms with Gasteiger partial charge >= 0.3 is 0 Å². The molecular formula is C15H23N3O3. The average Bonchev–Trinajstić information content (AvgIpc) is 2.37. The fourth-order valence-corrected chi connectivity index (χ4v) is 1.65. The Labute approximate surface area is 125 Å². The van der Waals surface area contributed by atoms with E-state index < -0.39 is 6.04 Å². The zero-order valence-electron chi connectivity index (χ0n) is 12.7. The number of carbonyl (C=O) groups excluding carboxylic acids is 2. The van der Waals surface area contributed by atoms with Gasteiger partial charge in [-0.2, -0.15) is 0 Å². The average molecular weight is 293 g/mol. The third-order valence-corrected chi connectivity index (χ3v) is 2.66. The first-order valence-electron chi connectivity index (χ1n) is 6.96. The van der Waals surface area contributed by atoms with Crippen molar-refractivity contribution in [1.82, 2.24) is 10.6 Å². The van der Waals surface area contributed by atoms with E-state index in [-0.39, 0.29) is 30.9 Å². The summed E-state index contributed by atoms with van der Waals surface area (Å²) in [7, 11) is 0. The van der Waals surface area contributed by atoms with Crippen molar-refractivity contribution >= 4 is 17.5 Å². The van der Waals surface area contributed by atoms with Crippen molar-refractivity contribution in [3.05, 3.63) is 24.3 Å². The highest BCUT2D eigenvalue weighted by atomic mass is 16.5. The third kappa shape index (κ3) is 6.65. The van der Waals surface area contributed by atoms with Crippen LogP contribution in [-0.2, 0) is 9.59 Å². The molecule has 1 aromatic carbocycles. The second kappa shape index (κ2) is 8.14. The highest BCUT2D eigenvalue weighted by Crippen LogP contribution is 2.14. The minimum absolute atomic E-state index is 0.0451. The Morgan fingerprint density at radius 3 is 2.57 bits per heavy atom. The lowest BCUT2D eigenvalue weighted by atomic mass is 10.2. The van der Waals surface area contributed by atoms with Crippen LogP contribution in [-0.4, -0.2) is 30.5 Å². The van der Waals surface area contributed by atoms with Crippen molar-refractivity contribution in [1.29, 1.82) is 0 Å². The zero-order valence-corrected chi connectivity index (χ0v) is 12.7. The SMILES string of the molecule is CC(C)NC(=O)C(C)NC(=O)CCOc1cccc(N)c1. The molecule has 0 radical (unpaired) electrons. The lowest BCUT2D eigenvalue weighted by Gasteiger charge is -2.16. The Kier molecular flexibility index (Phi) is 6.52. The van der Waals surface area contributed by atoms with Crippen LogP contribution in [0.15, 0.2) is 24.3 Å². The highest BCUT2D eigenvalue weighted by Gasteiger charge is 2.15. The molecule has 2 amide bonds. The van der Waals surface area contributed by atoms with E-state index in [0.29, 0.717) is 11.4 Å². The first-order chi connectivity index (χ1) is 9.88. The monoisotopic (exact) mass is 293 g/mol. The van der Waals surface area contributed by atoms with Crippen LogP contribution < -0.4 is 21.1 Å². The van der Waals surface area contributed by atoms with Gasteiger partial charge in [0.15, 0.2) is 0 Å². The van der Waals surface area contributed by atoms with E-state index in [0.717, 1.165) is 0 Å². The Bertz CT molecular complexity index is 489. The number of ether oxygens (including phenoxy) is 1. The predicted octanol–water partition coefficient (Wildman–Crippen LogP) is 1.07. The molecule has 6 heteroatoms. The summed E-state index contributed by atoms with van der Waals surface area (Å²) < 4.78 is 5.42. The predicted molar refractivity (Wildman–Crippen MR) is 81.8 cm³/mol. The number of nitrogen functional groups attached to an aromatic ring is 1. The number of hydrogen-bond acceptors (Lipinski definition) is 4. The first kappa shape index (κ1) is 16.8. The number of nitrogens with one attached hydrogen (secondary N) is 2. The molecule has 0 saturated heterocycles. The van der Waals surface area contributed by atoms with Gasteiger partial charge in [-0.15, -0.1) is 0 Å². The highest BCUT2D eigenvalue weighted by molar-refractivity contribution is 5.87. The molecule has 1 rings (SSSR count). The summed E-state index contributed by atoms with van der Waals surface area (Å²) in [5.41, 5.74) is 6.23. The molecule has 0 saturated carbocycles. The minimum atomic E-state index is -0.563. The summed E-state index contributed by atoms with van der Waals surface area (Å²) in [4.78, 5) is 23.4. The minimum Gasteiger partial charge on any atom is -0.493 e. The molecular weight excluding hydrogens is 270 g/mol. The van der Waals surface area contributed by atoms with Crippen LogP contribution in [0, 0.1) is 0 Å². The van der Waals surface area contributed by atoms with Gasteiger partial charge in [-0.3, -0.25) is 9.59 Å². The summed E-state index contributed by atoms with van der Waals surface area (Å²) in [6.45, 7) is 5.61. The molecule has 4 N–H and O–H groups in total. The summed E-state index contributed by atoms with van der Waals surface area (Å²) in [6.07, 6.45) is 0.175. The topological polar surface area (TPSA) is 93.5 Å². The van der Waals surface area contributed by atoms with E-state index in [1.54, 1.807) is 31.2 Å². The van der Waals surface area contributed by atoms with Gasteiger partial charge < -0.3 is 21.1 Å². The maximum atomic E-state index is 11.7. The van der Waals surface area contributed by atoms with Crippen LogP contribution in [0.2, 0.25) is 0 Å². The van der Waals surface area contributed by atoms with Gasteiger partial charge in [-0.25, -0.2) is 0 Å². The van der Waals surface area contributed by atoms with Gasteiger partial charge in [0.1, 0.15) is 11.8 Å². The van der Waals surface area contributed by atoms with Crippen LogP contribution in [0.3, 0.4) is 0 Å². The van der Waals surface area contributed by atoms with Crippen molar-refractivity contribution in [2.45, 2.75) is 39.3 Å². The molecule has 1 aromatic rings. The lowest BCUT2D eigenvalue weighted by Crippen LogP contribution is -2.47. The van der Waals surface area contributed by atoms with Crippen LogP contribution in [0.5, 0.6) is 5.75 Å². The molecule has 1 unspecified atom stereocenters. The number of amides is 2. The van der Waals surface area contributed by atoms with Gasteiger partial charge in [-0.1, -0.05) is 6.07 Å². The standard InChI is InChI=1S/C15H23N3O3/c1-10(2)17-15(20)11(3)18-14(19)7-8-21-13-6-4-5-12(16)9-13/h4-6,9-11H,7-8,16H2,1-3H3,(H,17,20)(H,18,19). The van der Waals surface area contributed by atoms with E-state index in [4.69, 9.17) is 10.5 Å². The number of anilines is 1. The fourth-order valence-electron chi connectivity index (χ4n) is 1.65. The smallest absolute Gasteiger partial charge is 0.242 e. The largest absolute Gasteiger partial charge is 0.493 e. The van der Waals surface area contributed by atoms with Crippen LogP contribution in [0.25, 0.3) is 0 Å². The van der Waals surface area contributed by atoms with Crippen molar-refractivity contribution in [3.63, 3.8) is 0 Å². The molecule has 0 bridgehead atoms. The van der Waals surface area contributed by atoms with E-state index in [1.807, 2.05) is 13.8 Å². The Balaban J connectivity index is 2.29. The van der Waals surface area contributed by atoms with Crippen molar-refractivity contribution in [2.24, 2.45) is 0 Å². The van der Waals surface area contributed by atoms with Gasteiger partial charge in [0.05, 0.1) is 13.0 Å². The number of carbonyl (C=O) groups is 2. The Morgan fingerprint density at radius 2 is 1.95 bits per heavy atom. The number of rotatable bonds is 7. The van der Waals surface area contributed by atoms with E-state index in [9.17, 15) is 9.59 Å². The first-order valence-corrected chi connectivity index (χ1v) is 6.96. The number of hydrogen-bond donors (Lipinski definition) is 3. The molecule has 116 valence electrons. The van der Waals surface area contributed by atoms with Crippen LogP contribution in [0.1, 0.15) is 27.2 Å². The maximum Gasteiger partial charge on any atom is 0.242 e. The molecule has 0 aliphatic heterocycles. The lowest BCUT2D eigenvalue weighted by molar-refractivity contribution is -0.129. The normalized spacial score (nSPS) is 11.8. The summed E-state index contributed by atoms with van der Waals surface area (Å²) in [5, 5.41) is 5.36. The quantitative estimate of drug-likeness (QED) is 0.655. The zero-order chi connectivity index (χ0) is 15.8. The van der Waals surface area contributed by atoms with Gasteiger partial charge in [0.2, 0.25) is 11.8 Å². The molecule has 0 aliphatic rings. The van der Waals surface area contributed by atoms with Crippen LogP contribution in [0.4, 0.5) is 5.69 Å². The molecule has 0 aromatic heterocycles. The molecule has 0 fully saturated rings. The van der Waals surface area contributed by atoms with E-state index >= 15 is 0 Å².